The highest BCUT2D eigenvalue weighted by molar-refractivity contribution is 5.96. The van der Waals surface area contributed by atoms with E-state index in [0.29, 0.717) is 12.0 Å². The van der Waals surface area contributed by atoms with E-state index in [-0.39, 0.29) is 0 Å². The first-order valence-corrected chi connectivity index (χ1v) is 10.2. The second-order valence-corrected chi connectivity index (χ2v) is 7.96. The number of H-pyrrole nitrogens is 1. The monoisotopic (exact) mass is 388 g/mol. The summed E-state index contributed by atoms with van der Waals surface area (Å²) in [7, 11) is 0. The molecule has 0 aliphatic heterocycles. The normalized spacial score (nSPS) is 22.2. The van der Waals surface area contributed by atoms with Crippen LogP contribution in [-0.2, 0) is 0 Å². The summed E-state index contributed by atoms with van der Waals surface area (Å²) >= 11 is 0. The van der Waals surface area contributed by atoms with Crippen molar-refractivity contribution in [2.75, 3.05) is 5.32 Å². The van der Waals surface area contributed by atoms with Crippen LogP contribution in [0.2, 0.25) is 0 Å². The third kappa shape index (κ3) is 3.42. The Kier molecular flexibility index (Phi) is 4.39. The van der Waals surface area contributed by atoms with Crippen LogP contribution in [0, 0.1) is 0 Å². The lowest BCUT2D eigenvalue weighted by molar-refractivity contribution is -0.00197. The van der Waals surface area contributed by atoms with Gasteiger partial charge in [-0.2, -0.15) is 15.2 Å². The summed E-state index contributed by atoms with van der Waals surface area (Å²) in [5, 5.41) is 24.0. The molecule has 1 aliphatic rings. The number of rotatable bonds is 4. The van der Waals surface area contributed by atoms with Gasteiger partial charge < -0.3 is 15.4 Å². The number of benzene rings is 1. The highest BCUT2D eigenvalue weighted by Crippen LogP contribution is 2.33. The van der Waals surface area contributed by atoms with E-state index in [1.165, 1.54) is 0 Å². The Morgan fingerprint density at radius 2 is 2.10 bits per heavy atom. The maximum Gasteiger partial charge on any atom is 0.224 e. The van der Waals surface area contributed by atoms with Gasteiger partial charge in [-0.3, -0.25) is 0 Å². The molecular weight excluding hydrogens is 364 g/mol. The molecule has 3 heterocycles. The smallest absolute Gasteiger partial charge is 0.224 e. The molecule has 0 saturated heterocycles. The van der Waals surface area contributed by atoms with Crippen LogP contribution in [-0.4, -0.2) is 41.9 Å². The molecule has 1 saturated carbocycles. The summed E-state index contributed by atoms with van der Waals surface area (Å²) in [5.41, 5.74) is 3.35. The first-order chi connectivity index (χ1) is 14.1. The quantitative estimate of drug-likeness (QED) is 0.487. The fourth-order valence-corrected chi connectivity index (χ4v) is 4.21. The molecule has 1 aromatic carbocycles. The van der Waals surface area contributed by atoms with Crippen LogP contribution in [0.5, 0.6) is 0 Å². The predicted molar refractivity (Wildman–Crippen MR) is 114 cm³/mol. The molecule has 7 nitrogen and oxygen atoms in total. The molecule has 1 aliphatic carbocycles. The highest BCUT2D eigenvalue weighted by Gasteiger charge is 2.31. The fourth-order valence-electron chi connectivity index (χ4n) is 4.21. The molecule has 0 atom stereocenters. The van der Waals surface area contributed by atoms with E-state index >= 15 is 0 Å². The Morgan fingerprint density at radius 1 is 1.24 bits per heavy atom. The minimum atomic E-state index is -0.497. The van der Waals surface area contributed by atoms with Crippen LogP contribution in [0.1, 0.15) is 39.0 Å². The van der Waals surface area contributed by atoms with Crippen molar-refractivity contribution in [1.82, 2.24) is 25.1 Å². The molecule has 0 radical (unpaired) electrons. The van der Waals surface area contributed by atoms with Gasteiger partial charge in [-0.25, -0.2) is 4.98 Å². The predicted octanol–water partition coefficient (Wildman–Crippen LogP) is 4.06. The summed E-state index contributed by atoms with van der Waals surface area (Å²) in [6.45, 7) is 2.05. The molecule has 1 fully saturated rings. The maximum absolute atomic E-state index is 10.4. The Balaban J connectivity index is 1.38. The molecule has 148 valence electrons. The molecular formula is C22H24N6O. The Morgan fingerprint density at radius 3 is 2.93 bits per heavy atom. The van der Waals surface area contributed by atoms with Crippen LogP contribution in [0.15, 0.2) is 42.9 Å². The number of aromatic nitrogens is 5. The largest absolute Gasteiger partial charge is 0.390 e. The van der Waals surface area contributed by atoms with Gasteiger partial charge in [0.2, 0.25) is 5.95 Å². The minimum absolute atomic E-state index is 0.301. The van der Waals surface area contributed by atoms with E-state index in [1.807, 2.05) is 30.6 Å². The summed E-state index contributed by atoms with van der Waals surface area (Å²) < 4.78 is 0. The average Bonchev–Trinajstić information content (AvgIpc) is 3.18. The molecule has 3 aromatic heterocycles. The fraction of sp³-hybridized carbons (Fsp3) is 0.364. The lowest BCUT2D eigenvalue weighted by Crippen LogP contribution is -2.38. The second-order valence-electron chi connectivity index (χ2n) is 7.96. The van der Waals surface area contributed by atoms with Gasteiger partial charge in [0.25, 0.3) is 0 Å². The van der Waals surface area contributed by atoms with E-state index in [4.69, 9.17) is 0 Å². The molecule has 4 aromatic rings. The minimum Gasteiger partial charge on any atom is -0.390 e. The van der Waals surface area contributed by atoms with Gasteiger partial charge in [-0.15, -0.1) is 0 Å². The summed E-state index contributed by atoms with van der Waals surface area (Å²) in [6.07, 6.45) is 9.87. The summed E-state index contributed by atoms with van der Waals surface area (Å²) in [6, 6.07) is 8.39. The van der Waals surface area contributed by atoms with Crippen molar-refractivity contribution in [1.29, 1.82) is 0 Å². The zero-order chi connectivity index (χ0) is 19.8. The standard InChI is InChI=1S/C22H24N6O/c1-2-22(29)8-5-16(6-9-22)26-21-24-13-18-17(12-23-20(18)27-21)14-3-4-19-15(11-14)7-10-25-28-19/h3-4,7,10-13,16,29H,2,5-6,8-9H2,1H3,(H2,23,24,26,27)/t16-,22+. The lowest BCUT2D eigenvalue weighted by atomic mass is 9.80. The lowest BCUT2D eigenvalue weighted by Gasteiger charge is -2.35. The maximum atomic E-state index is 10.4. The Hall–Kier alpha value is -3.06. The van der Waals surface area contributed by atoms with E-state index in [9.17, 15) is 5.11 Å². The van der Waals surface area contributed by atoms with Crippen molar-refractivity contribution in [3.05, 3.63) is 42.9 Å². The molecule has 3 N–H and O–H groups in total. The van der Waals surface area contributed by atoms with Gasteiger partial charge in [0.15, 0.2) is 0 Å². The van der Waals surface area contributed by atoms with E-state index in [1.54, 1.807) is 6.20 Å². The van der Waals surface area contributed by atoms with Crippen LogP contribution >= 0.6 is 0 Å². The summed E-state index contributed by atoms with van der Waals surface area (Å²) in [5.74, 6) is 0.631. The highest BCUT2D eigenvalue weighted by atomic mass is 16.3. The molecule has 0 spiro atoms. The Labute approximate surface area is 168 Å². The van der Waals surface area contributed by atoms with Crippen molar-refractivity contribution in [3.63, 3.8) is 0 Å². The van der Waals surface area contributed by atoms with E-state index in [2.05, 4.69) is 43.5 Å². The van der Waals surface area contributed by atoms with Gasteiger partial charge in [-0.05, 0) is 55.9 Å². The van der Waals surface area contributed by atoms with Gasteiger partial charge in [0.05, 0.1) is 17.3 Å². The number of aromatic amines is 1. The number of nitrogens with one attached hydrogen (secondary N) is 2. The molecule has 7 heteroatoms. The van der Waals surface area contributed by atoms with Crippen molar-refractivity contribution in [2.45, 2.75) is 50.7 Å². The van der Waals surface area contributed by atoms with Crippen molar-refractivity contribution < 1.29 is 5.11 Å². The molecule has 0 unspecified atom stereocenters. The van der Waals surface area contributed by atoms with Gasteiger partial charge in [-0.1, -0.05) is 13.0 Å². The summed E-state index contributed by atoms with van der Waals surface area (Å²) in [4.78, 5) is 12.5. The second kappa shape index (κ2) is 7.08. The topological polar surface area (TPSA) is 99.6 Å². The number of hydrogen-bond donors (Lipinski definition) is 3. The molecule has 0 amide bonds. The first-order valence-electron chi connectivity index (χ1n) is 10.2. The number of hydrogen-bond acceptors (Lipinski definition) is 6. The molecule has 29 heavy (non-hydrogen) atoms. The van der Waals surface area contributed by atoms with Crippen molar-refractivity contribution in [3.8, 4) is 11.1 Å². The van der Waals surface area contributed by atoms with Crippen LogP contribution in [0.3, 0.4) is 0 Å². The van der Waals surface area contributed by atoms with Crippen LogP contribution < -0.4 is 5.32 Å². The average molecular weight is 388 g/mol. The molecule has 0 bridgehead atoms. The number of aliphatic hydroxyl groups is 1. The van der Waals surface area contributed by atoms with Crippen LogP contribution in [0.4, 0.5) is 5.95 Å². The van der Waals surface area contributed by atoms with E-state index < -0.39 is 5.60 Å². The number of anilines is 1. The third-order valence-electron chi connectivity index (χ3n) is 6.16. The SMILES string of the molecule is CC[C@]1(O)CC[C@@H](Nc2ncc3c(-c4ccc5nnccc5c4)c[nH]c3n2)CC1. The van der Waals surface area contributed by atoms with Crippen molar-refractivity contribution >= 4 is 27.9 Å². The zero-order valence-electron chi connectivity index (χ0n) is 16.4. The molecule has 5 rings (SSSR count). The van der Waals surface area contributed by atoms with Crippen molar-refractivity contribution in [2.24, 2.45) is 0 Å². The Bertz CT molecular complexity index is 1160. The van der Waals surface area contributed by atoms with Gasteiger partial charge >= 0.3 is 0 Å². The van der Waals surface area contributed by atoms with Gasteiger partial charge in [0, 0.05) is 34.8 Å². The van der Waals surface area contributed by atoms with Gasteiger partial charge in [0.1, 0.15) is 5.65 Å². The third-order valence-corrected chi connectivity index (χ3v) is 6.16. The number of fused-ring (bicyclic) bond motifs is 2. The first kappa shape index (κ1) is 18.0. The van der Waals surface area contributed by atoms with E-state index in [0.717, 1.165) is 65.2 Å². The van der Waals surface area contributed by atoms with Crippen LogP contribution in [0.25, 0.3) is 33.1 Å². The number of nitrogens with zero attached hydrogens (tertiary/aromatic N) is 4. The zero-order valence-corrected chi connectivity index (χ0v) is 16.4.